The fourth-order valence-electron chi connectivity index (χ4n) is 2.13. The molecule has 5 nitrogen and oxygen atoms in total. The number of methoxy groups -OCH3 is 2. The molecule has 2 aromatic rings. The number of rotatable bonds is 5. The highest BCUT2D eigenvalue weighted by Crippen LogP contribution is 2.29. The summed E-state index contributed by atoms with van der Waals surface area (Å²) in [5, 5.41) is 9.87. The molecule has 0 fully saturated rings. The molecule has 0 spiro atoms. The van der Waals surface area contributed by atoms with Crippen LogP contribution in [0.25, 0.3) is 10.8 Å². The molecule has 0 saturated carbocycles. The highest BCUT2D eigenvalue weighted by Gasteiger charge is 2.09. The van der Waals surface area contributed by atoms with Crippen LogP contribution in [0, 0.1) is 11.3 Å². The summed E-state index contributed by atoms with van der Waals surface area (Å²) < 4.78 is 12.1. The minimum Gasteiger partial charge on any atom is -0.497 e. The van der Waals surface area contributed by atoms with Crippen LogP contribution < -0.4 is 15.0 Å². The smallest absolute Gasteiger partial charge is 0.258 e. The molecule has 0 N–H and O–H groups in total. The molecule has 0 saturated heterocycles. The SMILES string of the molecule is COc1cc(OC)c2ccn(CCCC#N)c(=O)c2c1. The molecule has 1 heterocycles. The van der Waals surface area contributed by atoms with Crippen molar-refractivity contribution in [3.05, 3.63) is 34.7 Å². The number of unbranched alkanes of at least 4 members (excludes halogenated alkanes) is 1. The Kier molecular flexibility index (Phi) is 4.26. The number of hydrogen-bond donors (Lipinski definition) is 0. The van der Waals surface area contributed by atoms with Crippen molar-refractivity contribution in [1.29, 1.82) is 5.26 Å². The third kappa shape index (κ3) is 2.59. The van der Waals surface area contributed by atoms with Crippen molar-refractivity contribution >= 4 is 10.8 Å². The maximum absolute atomic E-state index is 12.4. The lowest BCUT2D eigenvalue weighted by atomic mass is 10.1. The van der Waals surface area contributed by atoms with Crippen LogP contribution in [0.1, 0.15) is 12.8 Å². The van der Waals surface area contributed by atoms with Crippen LogP contribution in [-0.2, 0) is 6.54 Å². The molecule has 0 unspecified atom stereocenters. The number of aryl methyl sites for hydroxylation is 1. The number of fused-ring (bicyclic) bond motifs is 1. The lowest BCUT2D eigenvalue weighted by Gasteiger charge is -2.11. The van der Waals surface area contributed by atoms with Crippen LogP contribution >= 0.6 is 0 Å². The van der Waals surface area contributed by atoms with Crippen LogP contribution in [0.5, 0.6) is 11.5 Å². The van der Waals surface area contributed by atoms with Crippen molar-refractivity contribution in [3.8, 4) is 17.6 Å². The first-order valence-electron chi connectivity index (χ1n) is 6.33. The zero-order valence-corrected chi connectivity index (χ0v) is 11.5. The summed E-state index contributed by atoms with van der Waals surface area (Å²) in [6.07, 6.45) is 2.83. The molecule has 0 radical (unpaired) electrons. The number of nitriles is 1. The molecule has 1 aromatic carbocycles. The van der Waals surface area contributed by atoms with E-state index < -0.39 is 0 Å². The molecule has 1 aromatic heterocycles. The van der Waals surface area contributed by atoms with Crippen molar-refractivity contribution in [2.75, 3.05) is 14.2 Å². The number of nitrogens with zero attached hydrogens (tertiary/aromatic N) is 2. The van der Waals surface area contributed by atoms with E-state index in [1.807, 2.05) is 6.07 Å². The largest absolute Gasteiger partial charge is 0.497 e. The predicted octanol–water partition coefficient (Wildman–Crippen LogP) is 2.32. The van der Waals surface area contributed by atoms with Gasteiger partial charge in [-0.1, -0.05) is 0 Å². The number of benzene rings is 1. The second kappa shape index (κ2) is 6.11. The Morgan fingerprint density at radius 2 is 2.05 bits per heavy atom. The quantitative estimate of drug-likeness (QED) is 0.783. The van der Waals surface area contributed by atoms with Crippen LogP contribution in [0.4, 0.5) is 0 Å². The zero-order chi connectivity index (χ0) is 14.5. The van der Waals surface area contributed by atoms with Gasteiger partial charge in [-0.05, 0) is 18.6 Å². The highest BCUT2D eigenvalue weighted by molar-refractivity contribution is 5.89. The van der Waals surface area contributed by atoms with E-state index in [9.17, 15) is 4.79 Å². The van der Waals surface area contributed by atoms with Gasteiger partial charge in [0.2, 0.25) is 0 Å². The van der Waals surface area contributed by atoms with Gasteiger partial charge in [0.15, 0.2) is 0 Å². The van der Waals surface area contributed by atoms with E-state index in [0.29, 0.717) is 36.3 Å². The molecule has 2 rings (SSSR count). The summed E-state index contributed by atoms with van der Waals surface area (Å²) in [4.78, 5) is 12.4. The van der Waals surface area contributed by atoms with Gasteiger partial charge in [0, 0.05) is 30.6 Å². The van der Waals surface area contributed by atoms with Crippen molar-refractivity contribution < 1.29 is 9.47 Å². The standard InChI is InChI=1S/C15H16N2O3/c1-19-11-9-13-12(14(10-11)20-2)5-8-17(15(13)18)7-4-3-6-16/h5,8-10H,3-4,7H2,1-2H3. The van der Waals surface area contributed by atoms with Crippen LogP contribution in [0.15, 0.2) is 29.2 Å². The Morgan fingerprint density at radius 3 is 2.70 bits per heavy atom. The number of aromatic nitrogens is 1. The average Bonchev–Trinajstić information content (AvgIpc) is 2.48. The summed E-state index contributed by atoms with van der Waals surface area (Å²) >= 11 is 0. The normalized spacial score (nSPS) is 10.2. The van der Waals surface area contributed by atoms with Crippen LogP contribution in [-0.4, -0.2) is 18.8 Å². The first-order valence-corrected chi connectivity index (χ1v) is 6.33. The summed E-state index contributed by atoms with van der Waals surface area (Å²) in [5.74, 6) is 1.20. The molecule has 5 heteroatoms. The summed E-state index contributed by atoms with van der Waals surface area (Å²) in [5.41, 5.74) is -0.0994. The molecule has 0 atom stereocenters. The lowest BCUT2D eigenvalue weighted by molar-refractivity contribution is 0.398. The Labute approximate surface area is 117 Å². The van der Waals surface area contributed by atoms with Gasteiger partial charge in [-0.3, -0.25) is 4.79 Å². The van der Waals surface area contributed by atoms with E-state index in [1.165, 1.54) is 0 Å². The topological polar surface area (TPSA) is 64.2 Å². The van der Waals surface area contributed by atoms with Gasteiger partial charge in [0.1, 0.15) is 11.5 Å². The van der Waals surface area contributed by atoms with Crippen LogP contribution in [0.3, 0.4) is 0 Å². The number of hydrogen-bond acceptors (Lipinski definition) is 4. The minimum atomic E-state index is -0.0994. The van der Waals surface area contributed by atoms with Gasteiger partial charge in [-0.25, -0.2) is 0 Å². The Hall–Kier alpha value is -2.48. The molecule has 0 aliphatic heterocycles. The van der Waals surface area contributed by atoms with E-state index in [0.717, 1.165) is 5.39 Å². The molecular formula is C15H16N2O3. The van der Waals surface area contributed by atoms with Gasteiger partial charge in [-0.15, -0.1) is 0 Å². The third-order valence-electron chi connectivity index (χ3n) is 3.17. The lowest BCUT2D eigenvalue weighted by Crippen LogP contribution is -2.19. The molecule has 0 aliphatic carbocycles. The van der Waals surface area contributed by atoms with E-state index >= 15 is 0 Å². The van der Waals surface area contributed by atoms with Gasteiger partial charge >= 0.3 is 0 Å². The van der Waals surface area contributed by atoms with E-state index in [1.54, 1.807) is 37.1 Å². The molecule has 104 valence electrons. The highest BCUT2D eigenvalue weighted by atomic mass is 16.5. The fraction of sp³-hybridized carbons (Fsp3) is 0.333. The monoisotopic (exact) mass is 272 g/mol. The van der Waals surface area contributed by atoms with Gasteiger partial charge in [0.05, 0.1) is 25.7 Å². The van der Waals surface area contributed by atoms with E-state index in [-0.39, 0.29) is 5.56 Å². The molecule has 20 heavy (non-hydrogen) atoms. The second-order valence-corrected chi connectivity index (χ2v) is 4.37. The van der Waals surface area contributed by atoms with Crippen LogP contribution in [0.2, 0.25) is 0 Å². The Morgan fingerprint density at radius 1 is 1.25 bits per heavy atom. The van der Waals surface area contributed by atoms with E-state index in [4.69, 9.17) is 14.7 Å². The van der Waals surface area contributed by atoms with Crippen molar-refractivity contribution in [1.82, 2.24) is 4.57 Å². The Balaban J connectivity index is 2.54. The van der Waals surface area contributed by atoms with Crippen molar-refractivity contribution in [2.24, 2.45) is 0 Å². The summed E-state index contributed by atoms with van der Waals surface area (Å²) in [7, 11) is 3.11. The first kappa shape index (κ1) is 13.9. The van der Waals surface area contributed by atoms with Crippen molar-refractivity contribution in [3.63, 3.8) is 0 Å². The third-order valence-corrected chi connectivity index (χ3v) is 3.17. The fourth-order valence-corrected chi connectivity index (χ4v) is 2.13. The van der Waals surface area contributed by atoms with E-state index in [2.05, 4.69) is 6.07 Å². The number of pyridine rings is 1. The number of ether oxygens (including phenoxy) is 2. The van der Waals surface area contributed by atoms with Gasteiger partial charge < -0.3 is 14.0 Å². The predicted molar refractivity (Wildman–Crippen MR) is 76.2 cm³/mol. The maximum Gasteiger partial charge on any atom is 0.258 e. The molecule has 0 bridgehead atoms. The molecule has 0 aliphatic rings. The van der Waals surface area contributed by atoms with Gasteiger partial charge in [-0.2, -0.15) is 5.26 Å². The first-order chi connectivity index (χ1) is 9.71. The van der Waals surface area contributed by atoms with Gasteiger partial charge in [0.25, 0.3) is 5.56 Å². The minimum absolute atomic E-state index is 0.0994. The van der Waals surface area contributed by atoms with Crippen molar-refractivity contribution in [2.45, 2.75) is 19.4 Å². The Bertz CT molecular complexity index is 713. The average molecular weight is 272 g/mol. The second-order valence-electron chi connectivity index (χ2n) is 4.37. The zero-order valence-electron chi connectivity index (χ0n) is 11.5. The molecule has 0 amide bonds. The summed E-state index contributed by atoms with van der Waals surface area (Å²) in [6, 6.07) is 7.39. The summed E-state index contributed by atoms with van der Waals surface area (Å²) in [6.45, 7) is 0.530. The maximum atomic E-state index is 12.4. The molecular weight excluding hydrogens is 256 g/mol.